The Morgan fingerprint density at radius 3 is 2.76 bits per heavy atom. The van der Waals surface area contributed by atoms with E-state index in [9.17, 15) is 0 Å². The Morgan fingerprint density at radius 1 is 1.28 bits per heavy atom. The highest BCUT2D eigenvalue weighted by Crippen LogP contribution is 2.20. The smallest absolute Gasteiger partial charge is 0.137 e. The van der Waals surface area contributed by atoms with Gasteiger partial charge in [0.15, 0.2) is 0 Å². The van der Waals surface area contributed by atoms with E-state index in [4.69, 9.17) is 0 Å². The Labute approximate surface area is 149 Å². The van der Waals surface area contributed by atoms with Crippen LogP contribution in [0.5, 0.6) is 0 Å². The second-order valence-electron chi connectivity index (χ2n) is 6.96. The maximum atomic E-state index is 4.65. The van der Waals surface area contributed by atoms with Crippen molar-refractivity contribution < 1.29 is 0 Å². The van der Waals surface area contributed by atoms with E-state index in [-0.39, 0.29) is 0 Å². The molecule has 136 valence electrons. The molecule has 0 amide bonds. The third-order valence-corrected chi connectivity index (χ3v) is 4.65. The van der Waals surface area contributed by atoms with Crippen molar-refractivity contribution in [2.45, 2.75) is 65.1 Å². The van der Waals surface area contributed by atoms with Crippen molar-refractivity contribution in [1.82, 2.24) is 30.0 Å². The van der Waals surface area contributed by atoms with Gasteiger partial charge in [0.05, 0.1) is 6.54 Å². The molecule has 0 saturated carbocycles. The van der Waals surface area contributed by atoms with Crippen LogP contribution in [-0.2, 0) is 13.0 Å². The maximum absolute atomic E-state index is 4.65. The Kier molecular flexibility index (Phi) is 5.96. The van der Waals surface area contributed by atoms with Gasteiger partial charge in [0.1, 0.15) is 24.3 Å². The molecular formula is C18H29N7. The van der Waals surface area contributed by atoms with Crippen LogP contribution in [0.2, 0.25) is 0 Å². The van der Waals surface area contributed by atoms with Gasteiger partial charge in [-0.25, -0.2) is 15.0 Å². The first kappa shape index (κ1) is 17.8. The molecule has 1 N–H and O–H groups in total. The monoisotopic (exact) mass is 343 g/mol. The van der Waals surface area contributed by atoms with Crippen LogP contribution in [0, 0.1) is 6.92 Å². The van der Waals surface area contributed by atoms with Gasteiger partial charge in [0, 0.05) is 36.9 Å². The van der Waals surface area contributed by atoms with Gasteiger partial charge in [-0.2, -0.15) is 5.10 Å². The summed E-state index contributed by atoms with van der Waals surface area (Å²) >= 11 is 0. The van der Waals surface area contributed by atoms with Gasteiger partial charge in [-0.05, 0) is 33.1 Å². The van der Waals surface area contributed by atoms with E-state index in [1.807, 2.05) is 11.6 Å². The van der Waals surface area contributed by atoms with Crippen LogP contribution in [-0.4, -0.2) is 49.9 Å². The molecule has 2 aromatic rings. The van der Waals surface area contributed by atoms with Crippen molar-refractivity contribution in [3.63, 3.8) is 0 Å². The molecule has 0 radical (unpaired) electrons. The van der Waals surface area contributed by atoms with Gasteiger partial charge in [-0.3, -0.25) is 4.68 Å². The third kappa shape index (κ3) is 4.98. The Hall–Kier alpha value is -2.02. The largest absolute Gasteiger partial charge is 0.356 e. The second-order valence-corrected chi connectivity index (χ2v) is 6.96. The van der Waals surface area contributed by atoms with Crippen molar-refractivity contribution in [2.24, 2.45) is 0 Å². The number of aryl methyl sites for hydroxylation is 2. The topological polar surface area (TPSA) is 71.8 Å². The number of rotatable bonds is 7. The average molecular weight is 343 g/mol. The highest BCUT2D eigenvalue weighted by Gasteiger charge is 2.22. The fraction of sp³-hybridized carbons (Fsp3) is 0.667. The first-order valence-electron chi connectivity index (χ1n) is 9.32. The summed E-state index contributed by atoms with van der Waals surface area (Å²) in [5.74, 6) is 1.97. The van der Waals surface area contributed by atoms with Crippen molar-refractivity contribution >= 4 is 5.82 Å². The van der Waals surface area contributed by atoms with Gasteiger partial charge in [0.25, 0.3) is 0 Å². The summed E-state index contributed by atoms with van der Waals surface area (Å²) in [6, 6.07) is 3.10. The van der Waals surface area contributed by atoms with Crippen LogP contribution in [0.25, 0.3) is 0 Å². The average Bonchev–Trinajstić information content (AvgIpc) is 3.08. The molecule has 1 unspecified atom stereocenters. The Balaban J connectivity index is 1.51. The van der Waals surface area contributed by atoms with Gasteiger partial charge in [-0.1, -0.05) is 13.3 Å². The van der Waals surface area contributed by atoms with Crippen LogP contribution in [0.3, 0.4) is 0 Å². The van der Waals surface area contributed by atoms with Gasteiger partial charge >= 0.3 is 0 Å². The number of hydrogen-bond acceptors (Lipinski definition) is 6. The van der Waals surface area contributed by atoms with E-state index in [1.165, 1.54) is 0 Å². The highest BCUT2D eigenvalue weighted by atomic mass is 15.3. The number of nitrogens with one attached hydrogen (secondary N) is 1. The molecule has 3 rings (SSSR count). The molecule has 1 aliphatic heterocycles. The lowest BCUT2D eigenvalue weighted by atomic mass is 10.0. The van der Waals surface area contributed by atoms with Crippen molar-refractivity contribution in [3.05, 3.63) is 30.2 Å². The normalized spacial score (nSPS) is 17.0. The lowest BCUT2D eigenvalue weighted by Gasteiger charge is -2.34. The molecule has 7 nitrogen and oxygen atoms in total. The predicted octanol–water partition coefficient (Wildman–Crippen LogP) is 1.98. The predicted molar refractivity (Wildman–Crippen MR) is 98.6 cm³/mol. The summed E-state index contributed by atoms with van der Waals surface area (Å²) in [6.45, 7) is 9.31. The summed E-state index contributed by atoms with van der Waals surface area (Å²) in [5.41, 5.74) is 1.16. The highest BCUT2D eigenvalue weighted by molar-refractivity contribution is 5.40. The molecule has 2 aromatic heterocycles. The van der Waals surface area contributed by atoms with Crippen LogP contribution in [0.15, 0.2) is 18.7 Å². The van der Waals surface area contributed by atoms with E-state index >= 15 is 0 Å². The SMILES string of the molecule is CCCc1cc(N2CCC(NC(C)Cn3cncn3)CC2)nc(C)n1. The minimum absolute atomic E-state index is 0.385. The van der Waals surface area contributed by atoms with E-state index in [0.717, 1.165) is 62.7 Å². The molecule has 7 heteroatoms. The standard InChI is InChI=1S/C18H29N7/c1-4-5-17-10-18(23-15(3)22-17)24-8-6-16(7-9-24)21-14(2)11-25-13-19-12-20-25/h10,12-14,16,21H,4-9,11H2,1-3H3. The number of hydrogen-bond donors (Lipinski definition) is 1. The summed E-state index contributed by atoms with van der Waals surface area (Å²) in [5, 5.41) is 7.90. The van der Waals surface area contributed by atoms with Crippen LogP contribution in [0.4, 0.5) is 5.82 Å². The Morgan fingerprint density at radius 2 is 2.08 bits per heavy atom. The van der Waals surface area contributed by atoms with Gasteiger partial charge in [0.2, 0.25) is 0 Å². The van der Waals surface area contributed by atoms with Gasteiger partial charge in [-0.15, -0.1) is 0 Å². The third-order valence-electron chi connectivity index (χ3n) is 4.65. The molecule has 1 fully saturated rings. The molecule has 1 saturated heterocycles. The van der Waals surface area contributed by atoms with E-state index in [2.05, 4.69) is 50.2 Å². The van der Waals surface area contributed by atoms with Crippen molar-refractivity contribution in [3.8, 4) is 0 Å². The Bertz CT molecular complexity index is 647. The van der Waals surface area contributed by atoms with E-state index in [0.29, 0.717) is 12.1 Å². The fourth-order valence-corrected chi connectivity index (χ4v) is 3.50. The number of anilines is 1. The molecule has 0 aliphatic carbocycles. The van der Waals surface area contributed by atoms with E-state index in [1.54, 1.807) is 12.7 Å². The molecule has 1 aliphatic rings. The van der Waals surface area contributed by atoms with E-state index < -0.39 is 0 Å². The summed E-state index contributed by atoms with van der Waals surface area (Å²) < 4.78 is 1.88. The van der Waals surface area contributed by atoms with Crippen LogP contribution >= 0.6 is 0 Å². The maximum Gasteiger partial charge on any atom is 0.137 e. The molecule has 0 bridgehead atoms. The molecule has 1 atom stereocenters. The summed E-state index contributed by atoms with van der Waals surface area (Å²) in [4.78, 5) is 15.6. The lowest BCUT2D eigenvalue weighted by molar-refractivity contribution is 0.347. The quantitative estimate of drug-likeness (QED) is 0.829. The van der Waals surface area contributed by atoms with Crippen molar-refractivity contribution in [2.75, 3.05) is 18.0 Å². The lowest BCUT2D eigenvalue weighted by Crippen LogP contribution is -2.46. The van der Waals surface area contributed by atoms with Gasteiger partial charge < -0.3 is 10.2 Å². The zero-order chi connectivity index (χ0) is 17.6. The summed E-state index contributed by atoms with van der Waals surface area (Å²) in [7, 11) is 0. The molecular weight excluding hydrogens is 314 g/mol. The second kappa shape index (κ2) is 8.38. The molecule has 25 heavy (non-hydrogen) atoms. The van der Waals surface area contributed by atoms with Crippen LogP contribution < -0.4 is 10.2 Å². The zero-order valence-corrected chi connectivity index (χ0v) is 15.5. The first-order valence-corrected chi connectivity index (χ1v) is 9.32. The van der Waals surface area contributed by atoms with Crippen molar-refractivity contribution in [1.29, 1.82) is 0 Å². The minimum atomic E-state index is 0.385. The van der Waals surface area contributed by atoms with Crippen LogP contribution in [0.1, 0.15) is 44.6 Å². The molecule has 0 spiro atoms. The molecule has 0 aromatic carbocycles. The summed E-state index contributed by atoms with van der Waals surface area (Å²) in [6.07, 6.45) is 7.76. The minimum Gasteiger partial charge on any atom is -0.356 e. The molecule has 3 heterocycles. The zero-order valence-electron chi connectivity index (χ0n) is 15.5. The fourth-order valence-electron chi connectivity index (χ4n) is 3.50. The number of nitrogens with zero attached hydrogens (tertiary/aromatic N) is 6. The number of aromatic nitrogens is 5. The first-order chi connectivity index (χ1) is 12.1. The number of piperidine rings is 1.